The fraction of sp³-hybridized carbons (Fsp3) is 0.933. The van der Waals surface area contributed by atoms with Gasteiger partial charge in [0.2, 0.25) is 5.91 Å². The predicted octanol–water partition coefficient (Wildman–Crippen LogP) is 1.47. The van der Waals surface area contributed by atoms with Gasteiger partial charge in [-0.3, -0.25) is 4.79 Å². The van der Waals surface area contributed by atoms with E-state index in [2.05, 4.69) is 50.2 Å². The van der Waals surface area contributed by atoms with Crippen LogP contribution in [0.3, 0.4) is 0 Å². The van der Waals surface area contributed by atoms with Gasteiger partial charge in [-0.05, 0) is 52.1 Å². The number of likely N-dealkylation sites (tertiary alicyclic amines) is 1. The molecule has 2 atom stereocenters. The highest BCUT2D eigenvalue weighted by Crippen LogP contribution is 2.17. The van der Waals surface area contributed by atoms with Crippen LogP contribution in [-0.4, -0.2) is 49.1 Å². The summed E-state index contributed by atoms with van der Waals surface area (Å²) in [4.78, 5) is 14.2. The van der Waals surface area contributed by atoms with Crippen molar-refractivity contribution in [2.45, 2.75) is 53.1 Å². The molecule has 19 heavy (non-hydrogen) atoms. The Morgan fingerprint density at radius 1 is 1.26 bits per heavy atom. The smallest absolute Gasteiger partial charge is 0.234 e. The molecule has 1 rings (SSSR count). The summed E-state index contributed by atoms with van der Waals surface area (Å²) in [5.74, 6) is 1.29. The number of hydrogen-bond acceptors (Lipinski definition) is 3. The molecule has 0 aromatic carbocycles. The van der Waals surface area contributed by atoms with Crippen LogP contribution < -0.4 is 10.6 Å². The van der Waals surface area contributed by atoms with Crippen LogP contribution in [-0.2, 0) is 4.79 Å². The van der Waals surface area contributed by atoms with Gasteiger partial charge < -0.3 is 15.5 Å². The van der Waals surface area contributed by atoms with Crippen molar-refractivity contribution < 1.29 is 4.79 Å². The number of rotatable bonds is 7. The molecule has 0 aliphatic carbocycles. The third kappa shape index (κ3) is 5.91. The van der Waals surface area contributed by atoms with E-state index < -0.39 is 0 Å². The zero-order valence-corrected chi connectivity index (χ0v) is 13.2. The maximum atomic E-state index is 11.7. The molecule has 2 N–H and O–H groups in total. The molecule has 1 amide bonds. The maximum absolute atomic E-state index is 11.7. The SMILES string of the molecule is CC(C)C(C)NC(=O)CNCC1CCN(C(C)C)C1. The highest BCUT2D eigenvalue weighted by atomic mass is 16.1. The van der Waals surface area contributed by atoms with Gasteiger partial charge in [0.15, 0.2) is 0 Å². The van der Waals surface area contributed by atoms with E-state index in [1.54, 1.807) is 0 Å². The van der Waals surface area contributed by atoms with Gasteiger partial charge in [0.05, 0.1) is 6.54 Å². The summed E-state index contributed by atoms with van der Waals surface area (Å²) in [6, 6.07) is 0.886. The van der Waals surface area contributed by atoms with Crippen LogP contribution >= 0.6 is 0 Å². The molecule has 0 aromatic heterocycles. The van der Waals surface area contributed by atoms with Crippen molar-refractivity contribution in [3.05, 3.63) is 0 Å². The first-order valence-corrected chi connectivity index (χ1v) is 7.64. The monoisotopic (exact) mass is 269 g/mol. The van der Waals surface area contributed by atoms with E-state index in [1.165, 1.54) is 13.0 Å². The van der Waals surface area contributed by atoms with Crippen LogP contribution in [0.1, 0.15) is 41.0 Å². The van der Waals surface area contributed by atoms with Crippen LogP contribution in [0.15, 0.2) is 0 Å². The zero-order chi connectivity index (χ0) is 14.4. The summed E-state index contributed by atoms with van der Waals surface area (Å²) in [7, 11) is 0. The molecule has 1 aliphatic heterocycles. The van der Waals surface area contributed by atoms with Gasteiger partial charge in [-0.1, -0.05) is 13.8 Å². The van der Waals surface area contributed by atoms with Crippen LogP contribution in [0.5, 0.6) is 0 Å². The van der Waals surface area contributed by atoms with E-state index in [-0.39, 0.29) is 11.9 Å². The van der Waals surface area contributed by atoms with Crippen LogP contribution in [0, 0.1) is 11.8 Å². The van der Waals surface area contributed by atoms with Gasteiger partial charge in [-0.25, -0.2) is 0 Å². The summed E-state index contributed by atoms with van der Waals surface area (Å²) in [6.45, 7) is 14.5. The Balaban J connectivity index is 2.12. The Bertz CT molecular complexity index is 279. The summed E-state index contributed by atoms with van der Waals surface area (Å²) < 4.78 is 0. The second kappa shape index (κ2) is 7.85. The first-order valence-electron chi connectivity index (χ1n) is 7.64. The molecule has 0 saturated carbocycles. The average molecular weight is 269 g/mol. The Morgan fingerprint density at radius 2 is 1.95 bits per heavy atom. The largest absolute Gasteiger partial charge is 0.352 e. The van der Waals surface area contributed by atoms with E-state index in [4.69, 9.17) is 0 Å². The molecule has 1 saturated heterocycles. The van der Waals surface area contributed by atoms with Crippen LogP contribution in [0.25, 0.3) is 0 Å². The van der Waals surface area contributed by atoms with E-state index in [1.807, 2.05) is 0 Å². The second-order valence-corrected chi connectivity index (χ2v) is 6.47. The maximum Gasteiger partial charge on any atom is 0.234 e. The third-order valence-electron chi connectivity index (χ3n) is 4.15. The van der Waals surface area contributed by atoms with Crippen molar-refractivity contribution in [2.24, 2.45) is 11.8 Å². The van der Waals surface area contributed by atoms with Gasteiger partial charge in [-0.15, -0.1) is 0 Å². The number of nitrogens with zero attached hydrogens (tertiary/aromatic N) is 1. The second-order valence-electron chi connectivity index (χ2n) is 6.47. The fourth-order valence-corrected chi connectivity index (χ4v) is 2.36. The first kappa shape index (κ1) is 16.4. The van der Waals surface area contributed by atoms with Crippen molar-refractivity contribution in [3.8, 4) is 0 Å². The van der Waals surface area contributed by atoms with Gasteiger partial charge >= 0.3 is 0 Å². The number of amides is 1. The Labute approximate surface area is 118 Å². The molecule has 1 aliphatic rings. The summed E-state index contributed by atoms with van der Waals surface area (Å²) in [6.07, 6.45) is 1.25. The minimum Gasteiger partial charge on any atom is -0.352 e. The van der Waals surface area contributed by atoms with E-state index >= 15 is 0 Å². The van der Waals surface area contributed by atoms with E-state index in [9.17, 15) is 4.79 Å². The number of nitrogens with one attached hydrogen (secondary N) is 2. The minimum absolute atomic E-state index is 0.111. The standard InChI is InChI=1S/C15H31N3O/c1-11(2)13(5)17-15(19)9-16-8-14-6-7-18(10-14)12(3)4/h11-14,16H,6-10H2,1-5H3,(H,17,19). The molecule has 2 unspecified atom stereocenters. The fourth-order valence-electron chi connectivity index (χ4n) is 2.36. The zero-order valence-electron chi connectivity index (χ0n) is 13.2. The molecular weight excluding hydrogens is 238 g/mol. The number of carbonyl (C=O) groups excluding carboxylic acids is 1. The van der Waals surface area contributed by atoms with Gasteiger partial charge in [0, 0.05) is 18.6 Å². The quantitative estimate of drug-likeness (QED) is 0.735. The average Bonchev–Trinajstić information content (AvgIpc) is 2.77. The van der Waals surface area contributed by atoms with Gasteiger partial charge in [0.1, 0.15) is 0 Å². The topological polar surface area (TPSA) is 44.4 Å². The molecule has 1 heterocycles. The van der Waals surface area contributed by atoms with Crippen molar-refractivity contribution in [3.63, 3.8) is 0 Å². The first-order chi connectivity index (χ1) is 8.90. The lowest BCUT2D eigenvalue weighted by atomic mass is 10.1. The van der Waals surface area contributed by atoms with Crippen molar-refractivity contribution in [1.29, 1.82) is 0 Å². The lowest BCUT2D eigenvalue weighted by Crippen LogP contribution is -2.42. The molecule has 1 fully saturated rings. The lowest BCUT2D eigenvalue weighted by Gasteiger charge is -2.20. The van der Waals surface area contributed by atoms with Crippen molar-refractivity contribution in [1.82, 2.24) is 15.5 Å². The highest BCUT2D eigenvalue weighted by Gasteiger charge is 2.23. The molecule has 0 aromatic rings. The van der Waals surface area contributed by atoms with Crippen LogP contribution in [0.4, 0.5) is 0 Å². The molecule has 0 spiro atoms. The van der Waals surface area contributed by atoms with Gasteiger partial charge in [0.25, 0.3) is 0 Å². The Kier molecular flexibility index (Phi) is 6.80. The van der Waals surface area contributed by atoms with Crippen LogP contribution in [0.2, 0.25) is 0 Å². The lowest BCUT2D eigenvalue weighted by molar-refractivity contribution is -0.121. The molecule has 112 valence electrons. The Hall–Kier alpha value is -0.610. The number of carbonyl (C=O) groups is 1. The van der Waals surface area contributed by atoms with E-state index in [0.717, 1.165) is 13.1 Å². The van der Waals surface area contributed by atoms with E-state index in [0.29, 0.717) is 24.4 Å². The third-order valence-corrected chi connectivity index (χ3v) is 4.15. The molecule has 4 heteroatoms. The normalized spacial score (nSPS) is 22.2. The molecule has 0 radical (unpaired) electrons. The van der Waals surface area contributed by atoms with Crippen molar-refractivity contribution in [2.75, 3.05) is 26.2 Å². The Morgan fingerprint density at radius 3 is 2.47 bits per heavy atom. The summed E-state index contributed by atoms with van der Waals surface area (Å²) >= 11 is 0. The predicted molar refractivity (Wildman–Crippen MR) is 80.1 cm³/mol. The number of hydrogen-bond donors (Lipinski definition) is 2. The van der Waals surface area contributed by atoms with Gasteiger partial charge in [-0.2, -0.15) is 0 Å². The summed E-state index contributed by atoms with van der Waals surface area (Å²) in [5.41, 5.74) is 0. The minimum atomic E-state index is 0.111. The summed E-state index contributed by atoms with van der Waals surface area (Å²) in [5, 5.41) is 6.31. The molecule has 4 nitrogen and oxygen atoms in total. The highest BCUT2D eigenvalue weighted by molar-refractivity contribution is 5.78. The van der Waals surface area contributed by atoms with Crippen molar-refractivity contribution >= 4 is 5.91 Å². The molecular formula is C15H31N3O. The molecule has 0 bridgehead atoms.